The second kappa shape index (κ2) is 24.6. The summed E-state index contributed by atoms with van der Waals surface area (Å²) in [5.74, 6) is -0.0788. The highest BCUT2D eigenvalue weighted by molar-refractivity contribution is 5.69. The molecule has 0 saturated carbocycles. The molecule has 0 rings (SSSR count). The molecule has 0 spiro atoms. The standard InChI is InChI=1S/C31H60O4/c1-5-6-7-8-9-10-11-14-17-20-23-26-29(32)34-28-25-22-19-16-13-12-15-18-21-24-27-30(33)35-31(2,3)4/h5-28H2,1-4H3. The van der Waals surface area contributed by atoms with Crippen molar-refractivity contribution in [3.8, 4) is 0 Å². The minimum absolute atomic E-state index is 0.00686. The van der Waals surface area contributed by atoms with E-state index >= 15 is 0 Å². The van der Waals surface area contributed by atoms with Crippen LogP contribution in [0.25, 0.3) is 0 Å². The van der Waals surface area contributed by atoms with Crippen LogP contribution in [-0.4, -0.2) is 24.1 Å². The minimum atomic E-state index is -0.370. The van der Waals surface area contributed by atoms with E-state index in [4.69, 9.17) is 9.47 Å². The number of unbranched alkanes of at least 4 members (excludes halogenated alkanes) is 19. The average Bonchev–Trinajstić information content (AvgIpc) is 2.79. The van der Waals surface area contributed by atoms with E-state index in [1.165, 1.54) is 96.3 Å². The SMILES string of the molecule is CCCCCCCCCCCCCC(=O)OCCCCCCCCCCCCC(=O)OC(C)(C)C. The monoisotopic (exact) mass is 496 g/mol. The van der Waals surface area contributed by atoms with Crippen LogP contribution in [0.15, 0.2) is 0 Å². The van der Waals surface area contributed by atoms with Gasteiger partial charge in [-0.25, -0.2) is 0 Å². The molecule has 0 aromatic heterocycles. The summed E-state index contributed by atoms with van der Waals surface area (Å²) in [6.45, 7) is 8.60. The van der Waals surface area contributed by atoms with Crippen LogP contribution in [-0.2, 0) is 19.1 Å². The highest BCUT2D eigenvalue weighted by Gasteiger charge is 2.15. The summed E-state index contributed by atoms with van der Waals surface area (Å²) in [6.07, 6.45) is 27.2. The van der Waals surface area contributed by atoms with Gasteiger partial charge in [-0.1, -0.05) is 122 Å². The Labute approximate surface area is 218 Å². The molecule has 0 amide bonds. The Balaban J connectivity index is 3.23. The molecule has 208 valence electrons. The molecule has 0 aliphatic heterocycles. The summed E-state index contributed by atoms with van der Waals surface area (Å²) in [5.41, 5.74) is -0.370. The zero-order chi connectivity index (χ0) is 26.0. The van der Waals surface area contributed by atoms with Gasteiger partial charge in [-0.15, -0.1) is 0 Å². The van der Waals surface area contributed by atoms with Crippen molar-refractivity contribution < 1.29 is 19.1 Å². The van der Waals surface area contributed by atoms with Crippen LogP contribution in [0.2, 0.25) is 0 Å². The zero-order valence-electron chi connectivity index (χ0n) is 24.1. The number of ether oxygens (including phenoxy) is 2. The Bertz CT molecular complexity index is 481. The summed E-state index contributed by atoms with van der Waals surface area (Å²) >= 11 is 0. The summed E-state index contributed by atoms with van der Waals surface area (Å²) < 4.78 is 10.7. The largest absolute Gasteiger partial charge is 0.466 e. The third-order valence-corrected chi connectivity index (χ3v) is 6.44. The van der Waals surface area contributed by atoms with Gasteiger partial charge in [-0.3, -0.25) is 9.59 Å². The zero-order valence-corrected chi connectivity index (χ0v) is 24.1. The molecule has 0 fully saturated rings. The van der Waals surface area contributed by atoms with Crippen molar-refractivity contribution in [2.75, 3.05) is 6.61 Å². The van der Waals surface area contributed by atoms with Gasteiger partial charge >= 0.3 is 11.9 Å². The summed E-state index contributed by atoms with van der Waals surface area (Å²) in [4.78, 5) is 23.5. The lowest BCUT2D eigenvalue weighted by Gasteiger charge is -2.19. The molecule has 0 unspecified atom stereocenters. The molecule has 0 saturated heterocycles. The third-order valence-electron chi connectivity index (χ3n) is 6.44. The van der Waals surface area contributed by atoms with Gasteiger partial charge in [-0.2, -0.15) is 0 Å². The molecule has 0 aliphatic carbocycles. The predicted octanol–water partition coefficient (Wildman–Crippen LogP) is 9.86. The minimum Gasteiger partial charge on any atom is -0.466 e. The van der Waals surface area contributed by atoms with E-state index in [1.807, 2.05) is 20.8 Å². The fourth-order valence-corrected chi connectivity index (χ4v) is 4.37. The smallest absolute Gasteiger partial charge is 0.306 e. The Kier molecular flexibility index (Phi) is 23.9. The van der Waals surface area contributed by atoms with E-state index in [-0.39, 0.29) is 17.5 Å². The molecule has 0 bridgehead atoms. The first kappa shape index (κ1) is 33.9. The molecule has 0 N–H and O–H groups in total. The summed E-state index contributed by atoms with van der Waals surface area (Å²) in [7, 11) is 0. The second-order valence-corrected chi connectivity index (χ2v) is 11.4. The molecule has 4 heteroatoms. The Morgan fingerprint density at radius 2 is 0.829 bits per heavy atom. The van der Waals surface area contributed by atoms with Crippen molar-refractivity contribution in [3.63, 3.8) is 0 Å². The van der Waals surface area contributed by atoms with Gasteiger partial charge in [0.25, 0.3) is 0 Å². The number of carbonyl (C=O) groups excluding carboxylic acids is 2. The van der Waals surface area contributed by atoms with Crippen LogP contribution < -0.4 is 0 Å². The fraction of sp³-hybridized carbons (Fsp3) is 0.935. The van der Waals surface area contributed by atoms with Gasteiger partial charge in [0.05, 0.1) is 6.61 Å². The lowest BCUT2D eigenvalue weighted by atomic mass is 10.1. The van der Waals surface area contributed by atoms with Crippen LogP contribution in [0.3, 0.4) is 0 Å². The lowest BCUT2D eigenvalue weighted by molar-refractivity contribution is -0.155. The Hall–Kier alpha value is -1.06. The van der Waals surface area contributed by atoms with Crippen molar-refractivity contribution in [3.05, 3.63) is 0 Å². The number of hydrogen-bond donors (Lipinski definition) is 0. The molecule has 35 heavy (non-hydrogen) atoms. The molecule has 0 radical (unpaired) electrons. The first-order valence-electron chi connectivity index (χ1n) is 15.2. The maximum atomic E-state index is 11.8. The van der Waals surface area contributed by atoms with Crippen LogP contribution in [0.5, 0.6) is 0 Å². The molecular weight excluding hydrogens is 436 g/mol. The van der Waals surface area contributed by atoms with Crippen LogP contribution >= 0.6 is 0 Å². The second-order valence-electron chi connectivity index (χ2n) is 11.4. The predicted molar refractivity (Wildman–Crippen MR) is 149 cm³/mol. The maximum Gasteiger partial charge on any atom is 0.306 e. The van der Waals surface area contributed by atoms with E-state index in [9.17, 15) is 9.59 Å². The maximum absolute atomic E-state index is 11.8. The van der Waals surface area contributed by atoms with E-state index in [1.54, 1.807) is 0 Å². The van der Waals surface area contributed by atoms with Gasteiger partial charge < -0.3 is 9.47 Å². The Morgan fingerprint density at radius 3 is 1.23 bits per heavy atom. The van der Waals surface area contributed by atoms with E-state index in [0.29, 0.717) is 19.4 Å². The number of rotatable bonds is 25. The molecular formula is C31H60O4. The summed E-state index contributed by atoms with van der Waals surface area (Å²) in [5, 5.41) is 0. The van der Waals surface area contributed by atoms with Gasteiger partial charge in [0.2, 0.25) is 0 Å². The molecule has 4 nitrogen and oxygen atoms in total. The van der Waals surface area contributed by atoms with Gasteiger partial charge in [0, 0.05) is 12.8 Å². The summed E-state index contributed by atoms with van der Waals surface area (Å²) in [6, 6.07) is 0. The first-order chi connectivity index (χ1) is 16.8. The molecule has 0 heterocycles. The van der Waals surface area contributed by atoms with E-state index < -0.39 is 0 Å². The van der Waals surface area contributed by atoms with Crippen molar-refractivity contribution in [1.82, 2.24) is 0 Å². The first-order valence-corrected chi connectivity index (χ1v) is 15.2. The normalized spacial score (nSPS) is 11.5. The molecule has 0 aromatic rings. The number of esters is 2. The average molecular weight is 497 g/mol. The fourth-order valence-electron chi connectivity index (χ4n) is 4.37. The van der Waals surface area contributed by atoms with Crippen molar-refractivity contribution in [2.45, 2.75) is 181 Å². The number of hydrogen-bond acceptors (Lipinski definition) is 4. The Morgan fingerprint density at radius 1 is 0.486 bits per heavy atom. The molecule has 0 aromatic carbocycles. The van der Waals surface area contributed by atoms with Gasteiger partial charge in [0.1, 0.15) is 5.60 Å². The highest BCUT2D eigenvalue weighted by atomic mass is 16.6. The highest BCUT2D eigenvalue weighted by Crippen LogP contribution is 2.14. The van der Waals surface area contributed by atoms with Gasteiger partial charge in [-0.05, 0) is 40.0 Å². The van der Waals surface area contributed by atoms with Crippen molar-refractivity contribution in [2.24, 2.45) is 0 Å². The molecule has 0 aliphatic rings. The number of carbonyl (C=O) groups is 2. The lowest BCUT2D eigenvalue weighted by Crippen LogP contribution is -2.23. The van der Waals surface area contributed by atoms with Gasteiger partial charge in [0.15, 0.2) is 0 Å². The van der Waals surface area contributed by atoms with Crippen LogP contribution in [0.1, 0.15) is 175 Å². The van der Waals surface area contributed by atoms with Crippen molar-refractivity contribution in [1.29, 1.82) is 0 Å². The van der Waals surface area contributed by atoms with E-state index in [0.717, 1.165) is 38.5 Å². The molecule has 0 atom stereocenters. The van der Waals surface area contributed by atoms with Crippen LogP contribution in [0, 0.1) is 0 Å². The topological polar surface area (TPSA) is 52.6 Å². The third kappa shape index (κ3) is 29.1. The van der Waals surface area contributed by atoms with Crippen molar-refractivity contribution >= 4 is 11.9 Å². The quantitative estimate of drug-likeness (QED) is 0.0932. The van der Waals surface area contributed by atoms with E-state index in [2.05, 4.69) is 6.92 Å². The van der Waals surface area contributed by atoms with Crippen LogP contribution in [0.4, 0.5) is 0 Å².